The van der Waals surface area contributed by atoms with Gasteiger partial charge in [0, 0.05) is 19.2 Å². The average molecular weight is 489 g/mol. The molecule has 1 saturated heterocycles. The molecule has 172 valence electrons. The second kappa shape index (κ2) is 10.1. The third kappa shape index (κ3) is 5.04. The molecule has 0 aliphatic carbocycles. The number of anilines is 2. The maximum atomic E-state index is 12.6. The maximum absolute atomic E-state index is 12.6. The minimum absolute atomic E-state index is 0.0444. The highest BCUT2D eigenvalue weighted by Gasteiger charge is 2.24. The number of nitro groups is 1. The zero-order chi connectivity index (χ0) is 23.4. The summed E-state index contributed by atoms with van der Waals surface area (Å²) in [6, 6.07) is 11.4. The van der Waals surface area contributed by atoms with Crippen LogP contribution in [0.25, 0.3) is 5.69 Å². The lowest BCUT2D eigenvalue weighted by atomic mass is 10.2. The van der Waals surface area contributed by atoms with E-state index in [2.05, 4.69) is 20.4 Å². The topological polar surface area (TPSA) is 115 Å². The summed E-state index contributed by atoms with van der Waals surface area (Å²) < 4.78 is 7.05. The number of aromatic nitrogens is 3. The van der Waals surface area contributed by atoms with Gasteiger partial charge in [-0.1, -0.05) is 35.5 Å². The summed E-state index contributed by atoms with van der Waals surface area (Å²) in [6.45, 7) is 1.77. The first-order valence-corrected chi connectivity index (χ1v) is 11.5. The molecule has 2 aromatic carbocycles. The molecular formula is C21H21ClN6O4S. The molecule has 0 spiro atoms. The Bertz CT molecular complexity index is 1180. The molecule has 1 N–H and O–H groups in total. The molecule has 0 bridgehead atoms. The van der Waals surface area contributed by atoms with Gasteiger partial charge in [0.05, 0.1) is 40.2 Å². The fraction of sp³-hybridized carbons (Fsp3) is 0.286. The van der Waals surface area contributed by atoms with Crippen LogP contribution in [-0.2, 0) is 4.79 Å². The molecular weight excluding hydrogens is 468 g/mol. The van der Waals surface area contributed by atoms with Crippen molar-refractivity contribution >= 4 is 46.6 Å². The number of thioether (sulfide) groups is 1. The summed E-state index contributed by atoms with van der Waals surface area (Å²) in [5.74, 6) is 0.630. The van der Waals surface area contributed by atoms with Crippen LogP contribution in [0.15, 0.2) is 47.6 Å². The predicted molar refractivity (Wildman–Crippen MR) is 127 cm³/mol. The third-order valence-electron chi connectivity index (χ3n) is 5.10. The Hall–Kier alpha value is -3.31. The zero-order valence-electron chi connectivity index (χ0n) is 17.7. The number of hydrogen-bond donors (Lipinski definition) is 1. The predicted octanol–water partition coefficient (Wildman–Crippen LogP) is 4.17. The number of hydrogen-bond acceptors (Lipinski definition) is 8. The quantitative estimate of drug-likeness (QED) is 0.285. The van der Waals surface area contributed by atoms with Crippen molar-refractivity contribution in [2.75, 3.05) is 36.2 Å². The summed E-state index contributed by atoms with van der Waals surface area (Å²) in [5.41, 5.74) is 0.964. The highest BCUT2D eigenvalue weighted by atomic mass is 35.5. The number of carbonyl (C=O) groups is 1. The number of amides is 1. The van der Waals surface area contributed by atoms with Crippen LogP contribution in [0.1, 0.15) is 12.8 Å². The van der Waals surface area contributed by atoms with Gasteiger partial charge in [0.2, 0.25) is 11.9 Å². The Balaban J connectivity index is 1.53. The van der Waals surface area contributed by atoms with Crippen LogP contribution in [0.3, 0.4) is 0 Å². The van der Waals surface area contributed by atoms with E-state index in [0.717, 1.165) is 31.6 Å². The summed E-state index contributed by atoms with van der Waals surface area (Å²) in [7, 11) is 1.38. The number of benzene rings is 2. The number of non-ortho nitro benzene ring substituents is 1. The van der Waals surface area contributed by atoms with E-state index in [9.17, 15) is 14.9 Å². The van der Waals surface area contributed by atoms with E-state index >= 15 is 0 Å². The van der Waals surface area contributed by atoms with Crippen LogP contribution in [0, 0.1) is 10.1 Å². The number of para-hydroxylation sites is 1. The molecule has 2 heterocycles. The average Bonchev–Trinajstić information content (AvgIpc) is 3.48. The van der Waals surface area contributed by atoms with Crippen LogP contribution in [0.4, 0.5) is 17.3 Å². The number of nitrogens with one attached hydrogen (secondary N) is 1. The van der Waals surface area contributed by atoms with Gasteiger partial charge in [0.25, 0.3) is 5.69 Å². The molecule has 0 saturated carbocycles. The fourth-order valence-corrected chi connectivity index (χ4v) is 4.49. The monoisotopic (exact) mass is 488 g/mol. The van der Waals surface area contributed by atoms with Crippen molar-refractivity contribution in [2.24, 2.45) is 0 Å². The summed E-state index contributed by atoms with van der Waals surface area (Å²) in [6.07, 6.45) is 2.16. The molecule has 33 heavy (non-hydrogen) atoms. The molecule has 1 aromatic heterocycles. The van der Waals surface area contributed by atoms with E-state index in [0.29, 0.717) is 21.8 Å². The standard InChI is InChI=1S/C21H21ClN6O4S/c1-32-18-12-14(28(30)31)8-9-16(18)23-19(29)13-33-21-25-24-20(26-10-4-5-11-26)27(21)17-7-3-2-6-15(17)22/h2-3,6-9,12H,4-5,10-11,13H2,1H3,(H,23,29). The first-order valence-electron chi connectivity index (χ1n) is 10.2. The van der Waals surface area contributed by atoms with Crippen molar-refractivity contribution in [1.82, 2.24) is 14.8 Å². The minimum atomic E-state index is -0.524. The van der Waals surface area contributed by atoms with E-state index in [4.69, 9.17) is 16.3 Å². The van der Waals surface area contributed by atoms with Gasteiger partial charge in [-0.05, 0) is 31.0 Å². The summed E-state index contributed by atoms with van der Waals surface area (Å²) in [4.78, 5) is 25.2. The van der Waals surface area contributed by atoms with E-state index in [1.807, 2.05) is 22.8 Å². The van der Waals surface area contributed by atoms with E-state index in [1.54, 1.807) is 6.07 Å². The van der Waals surface area contributed by atoms with Crippen molar-refractivity contribution in [3.63, 3.8) is 0 Å². The third-order valence-corrected chi connectivity index (χ3v) is 6.35. The first kappa shape index (κ1) is 22.9. The normalized spacial score (nSPS) is 13.2. The van der Waals surface area contributed by atoms with Gasteiger partial charge >= 0.3 is 0 Å². The van der Waals surface area contributed by atoms with Gasteiger partial charge in [-0.3, -0.25) is 19.5 Å². The Morgan fingerprint density at radius 3 is 2.70 bits per heavy atom. The Morgan fingerprint density at radius 2 is 2.00 bits per heavy atom. The van der Waals surface area contributed by atoms with Gasteiger partial charge in [-0.25, -0.2) is 0 Å². The first-order chi connectivity index (χ1) is 16.0. The number of rotatable bonds is 8. The van der Waals surface area contributed by atoms with E-state index < -0.39 is 4.92 Å². The van der Waals surface area contributed by atoms with Crippen LogP contribution in [0.2, 0.25) is 5.02 Å². The molecule has 1 aliphatic heterocycles. The van der Waals surface area contributed by atoms with Gasteiger partial charge in [-0.15, -0.1) is 10.2 Å². The molecule has 10 nitrogen and oxygen atoms in total. The van der Waals surface area contributed by atoms with Gasteiger partial charge in [-0.2, -0.15) is 0 Å². The fourth-order valence-electron chi connectivity index (χ4n) is 3.53. The minimum Gasteiger partial charge on any atom is -0.494 e. The molecule has 0 atom stereocenters. The van der Waals surface area contributed by atoms with Gasteiger partial charge < -0.3 is 15.0 Å². The number of halogens is 1. The van der Waals surface area contributed by atoms with Crippen LogP contribution in [-0.4, -0.2) is 51.5 Å². The van der Waals surface area contributed by atoms with Crippen molar-refractivity contribution in [1.29, 1.82) is 0 Å². The maximum Gasteiger partial charge on any atom is 0.273 e. The van der Waals surface area contributed by atoms with E-state index in [1.165, 1.54) is 37.1 Å². The second-order valence-corrected chi connectivity index (χ2v) is 8.59. The van der Waals surface area contributed by atoms with Crippen molar-refractivity contribution in [2.45, 2.75) is 18.0 Å². The van der Waals surface area contributed by atoms with Gasteiger partial charge in [0.15, 0.2) is 5.16 Å². The molecule has 0 radical (unpaired) electrons. The molecule has 1 fully saturated rings. The van der Waals surface area contributed by atoms with Gasteiger partial charge in [0.1, 0.15) is 5.75 Å². The van der Waals surface area contributed by atoms with Crippen molar-refractivity contribution in [3.05, 3.63) is 57.6 Å². The van der Waals surface area contributed by atoms with Crippen molar-refractivity contribution in [3.8, 4) is 11.4 Å². The lowest BCUT2D eigenvalue weighted by molar-refractivity contribution is -0.384. The van der Waals surface area contributed by atoms with Crippen LogP contribution in [0.5, 0.6) is 5.75 Å². The summed E-state index contributed by atoms with van der Waals surface area (Å²) >= 11 is 7.68. The lowest BCUT2D eigenvalue weighted by Crippen LogP contribution is -2.22. The molecule has 3 aromatic rings. The smallest absolute Gasteiger partial charge is 0.273 e. The van der Waals surface area contributed by atoms with Crippen molar-refractivity contribution < 1.29 is 14.5 Å². The number of nitro benzene ring substituents is 1. The molecule has 12 heteroatoms. The number of methoxy groups -OCH3 is 1. The largest absolute Gasteiger partial charge is 0.494 e. The number of nitrogens with zero attached hydrogens (tertiary/aromatic N) is 5. The zero-order valence-corrected chi connectivity index (χ0v) is 19.3. The highest BCUT2D eigenvalue weighted by molar-refractivity contribution is 7.99. The Kier molecular flexibility index (Phi) is 6.99. The number of carbonyl (C=O) groups excluding carboxylic acids is 1. The number of ether oxygens (including phenoxy) is 1. The molecule has 1 amide bonds. The second-order valence-electron chi connectivity index (χ2n) is 7.24. The van der Waals surface area contributed by atoms with Crippen LogP contribution < -0.4 is 15.0 Å². The summed E-state index contributed by atoms with van der Waals surface area (Å²) in [5, 5.41) is 23.5. The Morgan fingerprint density at radius 1 is 1.24 bits per heavy atom. The molecule has 0 unspecified atom stereocenters. The highest BCUT2D eigenvalue weighted by Crippen LogP contribution is 2.33. The lowest BCUT2D eigenvalue weighted by Gasteiger charge is -2.19. The molecule has 1 aliphatic rings. The SMILES string of the molecule is COc1cc([N+](=O)[O-])ccc1NC(=O)CSc1nnc(N2CCCC2)n1-c1ccccc1Cl. The molecule has 4 rings (SSSR count). The Labute approximate surface area is 199 Å². The van der Waals surface area contributed by atoms with Crippen LogP contribution >= 0.6 is 23.4 Å². The van der Waals surface area contributed by atoms with E-state index in [-0.39, 0.29) is 23.1 Å².